The molecule has 0 aliphatic heterocycles. The topological polar surface area (TPSA) is 23.0 Å². The number of nitrogens with zero attached hydrogens (tertiary/aromatic N) is 2. The zero-order valence-electron chi connectivity index (χ0n) is 30.9. The van der Waals surface area contributed by atoms with Crippen molar-refractivity contribution >= 4 is 71.4 Å². The molecule has 0 spiro atoms. The number of benzene rings is 8. The van der Waals surface area contributed by atoms with E-state index in [0.717, 1.165) is 17.8 Å². The molecule has 3 aromatic heterocycles. The van der Waals surface area contributed by atoms with Gasteiger partial charge >= 0.3 is 0 Å². The first-order valence-electron chi connectivity index (χ1n) is 19.6. The van der Waals surface area contributed by atoms with Crippen LogP contribution in [0.5, 0.6) is 0 Å². The van der Waals surface area contributed by atoms with Crippen molar-refractivity contribution in [2.24, 2.45) is 0 Å². The SMILES string of the molecule is CC1CC=Cc2oc3cccc(-c4ccc5c(-n6c7ccccc7c7cc(-c8ccc9c%10ccccc%10n(-c%10ccccc%10)c9c8)ccc76)cccc5c4)c3c21. The monoisotopic (exact) mass is 716 g/mol. The number of furan rings is 1. The van der Waals surface area contributed by atoms with Crippen LogP contribution in [0.25, 0.3) is 105 Å². The lowest BCUT2D eigenvalue weighted by Crippen LogP contribution is -1.97. The van der Waals surface area contributed by atoms with E-state index in [-0.39, 0.29) is 0 Å². The van der Waals surface area contributed by atoms with Crippen LogP contribution in [0.1, 0.15) is 30.6 Å². The third kappa shape index (κ3) is 4.52. The summed E-state index contributed by atoms with van der Waals surface area (Å²) < 4.78 is 11.2. The summed E-state index contributed by atoms with van der Waals surface area (Å²) in [5, 5.41) is 8.70. The molecule has 3 heteroatoms. The second kappa shape index (κ2) is 11.9. The summed E-state index contributed by atoms with van der Waals surface area (Å²) in [6.45, 7) is 2.31. The van der Waals surface area contributed by atoms with E-state index in [2.05, 4.69) is 198 Å². The number of aromatic nitrogens is 2. The van der Waals surface area contributed by atoms with Crippen LogP contribution in [0, 0.1) is 0 Å². The molecule has 11 aromatic rings. The van der Waals surface area contributed by atoms with Gasteiger partial charge in [-0.15, -0.1) is 0 Å². The van der Waals surface area contributed by atoms with Gasteiger partial charge in [0, 0.05) is 43.6 Å². The van der Waals surface area contributed by atoms with Crippen molar-refractivity contribution < 1.29 is 4.42 Å². The minimum Gasteiger partial charge on any atom is -0.456 e. The van der Waals surface area contributed by atoms with E-state index in [0.29, 0.717) is 5.92 Å². The molecule has 0 fully saturated rings. The van der Waals surface area contributed by atoms with Gasteiger partial charge in [0.1, 0.15) is 11.3 Å². The Morgan fingerprint density at radius 2 is 1.18 bits per heavy atom. The van der Waals surface area contributed by atoms with Crippen molar-refractivity contribution in [3.63, 3.8) is 0 Å². The molecule has 1 aliphatic carbocycles. The molecule has 0 amide bonds. The summed E-state index contributed by atoms with van der Waals surface area (Å²) in [4.78, 5) is 0. The molecule has 0 saturated heterocycles. The van der Waals surface area contributed by atoms with Crippen LogP contribution in [-0.2, 0) is 0 Å². The Bertz CT molecular complexity index is 3410. The van der Waals surface area contributed by atoms with E-state index in [1.807, 2.05) is 0 Å². The van der Waals surface area contributed by atoms with Crippen molar-refractivity contribution in [3.8, 4) is 33.6 Å². The van der Waals surface area contributed by atoms with Gasteiger partial charge in [0.15, 0.2) is 0 Å². The fourth-order valence-electron chi connectivity index (χ4n) is 9.59. The molecule has 0 bridgehead atoms. The van der Waals surface area contributed by atoms with Crippen LogP contribution in [0.4, 0.5) is 0 Å². The molecule has 1 atom stereocenters. The third-order valence-corrected chi connectivity index (χ3v) is 12.1. The zero-order valence-corrected chi connectivity index (χ0v) is 30.9. The maximum Gasteiger partial charge on any atom is 0.135 e. The van der Waals surface area contributed by atoms with Gasteiger partial charge in [0.2, 0.25) is 0 Å². The van der Waals surface area contributed by atoms with Gasteiger partial charge in [0.05, 0.1) is 27.8 Å². The summed E-state index contributed by atoms with van der Waals surface area (Å²) >= 11 is 0. The van der Waals surface area contributed by atoms with Gasteiger partial charge < -0.3 is 13.6 Å². The predicted molar refractivity (Wildman–Crippen MR) is 235 cm³/mol. The molecule has 56 heavy (non-hydrogen) atoms. The van der Waals surface area contributed by atoms with E-state index in [4.69, 9.17) is 4.42 Å². The Kier molecular flexibility index (Phi) is 6.67. The van der Waals surface area contributed by atoms with Gasteiger partial charge in [-0.1, -0.05) is 122 Å². The molecule has 0 N–H and O–H groups in total. The van der Waals surface area contributed by atoms with Gasteiger partial charge in [-0.3, -0.25) is 0 Å². The molecule has 3 nitrogen and oxygen atoms in total. The molecule has 8 aromatic carbocycles. The van der Waals surface area contributed by atoms with Crippen LogP contribution in [0.15, 0.2) is 180 Å². The molecule has 12 rings (SSSR count). The fourth-order valence-corrected chi connectivity index (χ4v) is 9.59. The van der Waals surface area contributed by atoms with E-state index in [1.54, 1.807) is 0 Å². The Labute approximate surface area is 324 Å². The lowest BCUT2D eigenvalue weighted by atomic mass is 9.87. The second-order valence-corrected chi connectivity index (χ2v) is 15.3. The highest BCUT2D eigenvalue weighted by Crippen LogP contribution is 2.44. The minimum atomic E-state index is 0.420. The number of fused-ring (bicyclic) bond motifs is 10. The molecule has 0 radical (unpaired) electrons. The van der Waals surface area contributed by atoms with Crippen molar-refractivity contribution in [2.75, 3.05) is 0 Å². The molecule has 1 aliphatic rings. The second-order valence-electron chi connectivity index (χ2n) is 15.3. The Morgan fingerprint density at radius 3 is 2.05 bits per heavy atom. The quantitative estimate of drug-likeness (QED) is 0.178. The Hall–Kier alpha value is -7.10. The van der Waals surface area contributed by atoms with E-state index < -0.39 is 0 Å². The summed E-state index contributed by atoms with van der Waals surface area (Å²) in [6.07, 6.45) is 5.41. The number of para-hydroxylation sites is 3. The Morgan fingerprint density at radius 1 is 0.500 bits per heavy atom. The predicted octanol–water partition coefficient (Wildman–Crippen LogP) is 14.6. The maximum atomic E-state index is 6.36. The minimum absolute atomic E-state index is 0.420. The molecular weight excluding hydrogens is 681 g/mol. The normalized spacial score (nSPS) is 14.2. The lowest BCUT2D eigenvalue weighted by Gasteiger charge is -2.15. The number of allylic oxidation sites excluding steroid dienone is 1. The molecule has 1 unspecified atom stereocenters. The highest BCUT2D eigenvalue weighted by molar-refractivity contribution is 6.13. The number of hydrogen-bond donors (Lipinski definition) is 0. The van der Waals surface area contributed by atoms with E-state index >= 15 is 0 Å². The molecule has 3 heterocycles. The van der Waals surface area contributed by atoms with Gasteiger partial charge in [-0.2, -0.15) is 0 Å². The van der Waals surface area contributed by atoms with Crippen molar-refractivity contribution in [1.29, 1.82) is 0 Å². The standard InChI is InChI=1S/C53H36N2O/c1-33-12-9-22-50-52(33)53-40(18-11-23-51(53)56-50)37-25-27-39-36(30-37)13-10-21-45(39)55-47-20-8-6-17-42(47)44-31-34(26-29-48(44)55)35-24-28-43-41-16-5-7-19-46(41)54(49(43)32-35)38-14-3-2-4-15-38/h2-11,13-33H,12H2,1H3. The van der Waals surface area contributed by atoms with Crippen LogP contribution in [0.3, 0.4) is 0 Å². The smallest absolute Gasteiger partial charge is 0.135 e. The molecule has 264 valence electrons. The average molecular weight is 717 g/mol. The van der Waals surface area contributed by atoms with Crippen LogP contribution in [-0.4, -0.2) is 9.13 Å². The number of hydrogen-bond acceptors (Lipinski definition) is 1. The first kappa shape index (κ1) is 31.3. The van der Waals surface area contributed by atoms with E-state index in [9.17, 15) is 0 Å². The highest BCUT2D eigenvalue weighted by atomic mass is 16.3. The van der Waals surface area contributed by atoms with Crippen molar-refractivity contribution in [1.82, 2.24) is 9.13 Å². The van der Waals surface area contributed by atoms with Crippen LogP contribution in [0.2, 0.25) is 0 Å². The maximum absolute atomic E-state index is 6.36. The largest absolute Gasteiger partial charge is 0.456 e. The zero-order chi connectivity index (χ0) is 36.9. The van der Waals surface area contributed by atoms with Gasteiger partial charge in [-0.25, -0.2) is 0 Å². The average Bonchev–Trinajstić information content (AvgIpc) is 3.91. The Balaban J connectivity index is 1.02. The van der Waals surface area contributed by atoms with Crippen molar-refractivity contribution in [3.05, 3.63) is 187 Å². The summed E-state index contributed by atoms with van der Waals surface area (Å²) in [5.41, 5.74) is 14.3. The van der Waals surface area contributed by atoms with Crippen LogP contribution >= 0.6 is 0 Å². The first-order valence-corrected chi connectivity index (χ1v) is 19.6. The first-order chi connectivity index (χ1) is 27.7. The molecule has 0 saturated carbocycles. The fraction of sp³-hybridized carbons (Fsp3) is 0.0566. The van der Waals surface area contributed by atoms with Gasteiger partial charge in [0.25, 0.3) is 0 Å². The summed E-state index contributed by atoms with van der Waals surface area (Å²) in [7, 11) is 0. The molecular formula is C53H36N2O. The summed E-state index contributed by atoms with van der Waals surface area (Å²) in [5.74, 6) is 1.42. The lowest BCUT2D eigenvalue weighted by molar-refractivity contribution is 0.586. The highest BCUT2D eigenvalue weighted by Gasteiger charge is 2.23. The van der Waals surface area contributed by atoms with Crippen LogP contribution < -0.4 is 0 Å². The van der Waals surface area contributed by atoms with Gasteiger partial charge in [-0.05, 0) is 107 Å². The summed E-state index contributed by atoms with van der Waals surface area (Å²) in [6, 6.07) is 62.3. The third-order valence-electron chi connectivity index (χ3n) is 12.1. The number of rotatable bonds is 4. The van der Waals surface area contributed by atoms with E-state index in [1.165, 1.54) is 99.0 Å². The van der Waals surface area contributed by atoms with Crippen molar-refractivity contribution in [2.45, 2.75) is 19.3 Å².